The number of aliphatic hydroxyl groups is 2. The highest BCUT2D eigenvalue weighted by Crippen LogP contribution is 2.55. The molecule has 0 spiro atoms. The van der Waals surface area contributed by atoms with Crippen LogP contribution in [0.2, 0.25) is 0 Å². The van der Waals surface area contributed by atoms with Crippen LogP contribution in [0.15, 0.2) is 18.2 Å². The standard InChI is InChI=1S/C25H29ClN2O8S/c1-28(2)18-17-20(31)14-11(9-37-8-4-7-26)10-5-3-6-12(29)13(10)19(30)15(14)22(33)25(17,36)23(34)16(21(18)32)24(27)35/h3,5-6,11,14-18,20,29,31,36H,4,7-9H2,1-2H3,(H2,27,35)/t11-,14?,15?,16?,17?,18-,20-,25-/m0/s1. The first-order valence-electron chi connectivity index (χ1n) is 11.9. The van der Waals surface area contributed by atoms with E-state index >= 15 is 0 Å². The normalized spacial score (nSPS) is 35.2. The van der Waals surface area contributed by atoms with Gasteiger partial charge in [0.1, 0.15) is 5.75 Å². The molecule has 4 rings (SSSR count). The molecule has 0 aromatic heterocycles. The molecule has 12 heteroatoms. The van der Waals surface area contributed by atoms with Crippen LogP contribution in [0.5, 0.6) is 5.75 Å². The average molecular weight is 553 g/mol. The van der Waals surface area contributed by atoms with Gasteiger partial charge in [-0.2, -0.15) is 11.8 Å². The highest BCUT2D eigenvalue weighted by Gasteiger charge is 2.73. The van der Waals surface area contributed by atoms with Gasteiger partial charge in [0, 0.05) is 23.5 Å². The lowest BCUT2D eigenvalue weighted by atomic mass is 9.49. The third kappa shape index (κ3) is 4.02. The van der Waals surface area contributed by atoms with Crippen LogP contribution < -0.4 is 5.73 Å². The van der Waals surface area contributed by atoms with Gasteiger partial charge in [0.2, 0.25) is 5.91 Å². The third-order valence-corrected chi connectivity index (χ3v) is 9.31. The van der Waals surface area contributed by atoms with Gasteiger partial charge in [-0.3, -0.25) is 28.9 Å². The number of aliphatic hydroxyl groups excluding tert-OH is 1. The molecule has 3 aliphatic rings. The maximum Gasteiger partial charge on any atom is 0.235 e. The lowest BCUT2D eigenvalue weighted by molar-refractivity contribution is -0.196. The Hall–Kier alpha value is -2.31. The van der Waals surface area contributed by atoms with Crippen molar-refractivity contribution in [2.24, 2.45) is 29.4 Å². The van der Waals surface area contributed by atoms with Crippen molar-refractivity contribution >= 4 is 52.4 Å². The van der Waals surface area contributed by atoms with Crippen molar-refractivity contribution in [3.05, 3.63) is 29.3 Å². The topological polar surface area (TPSA) is 175 Å². The molecule has 8 atom stereocenters. The SMILES string of the molecule is CN(C)[C@@H]1C(=O)C(C(N)=O)C(=O)[C@@]2(O)C(=O)C3C(=O)c4c(O)cccc4[C@H](CSCCCCl)C3[C@H](O)C12. The molecule has 1 amide bonds. The van der Waals surface area contributed by atoms with E-state index in [1.807, 2.05) is 0 Å². The minimum atomic E-state index is -3.00. The van der Waals surface area contributed by atoms with Crippen molar-refractivity contribution < 1.29 is 39.3 Å². The van der Waals surface area contributed by atoms with Crippen LogP contribution in [0, 0.1) is 23.7 Å². The number of carbonyl (C=O) groups is 5. The number of carbonyl (C=O) groups excluding carboxylic acids is 5. The minimum Gasteiger partial charge on any atom is -0.507 e. The first-order chi connectivity index (χ1) is 17.4. The number of amides is 1. The fourth-order valence-corrected chi connectivity index (χ4v) is 7.80. The second kappa shape index (κ2) is 10.1. The summed E-state index contributed by atoms with van der Waals surface area (Å²) < 4.78 is 0. The molecule has 1 aromatic carbocycles. The Morgan fingerprint density at radius 2 is 1.86 bits per heavy atom. The number of nitrogens with zero attached hydrogens (tertiary/aromatic N) is 1. The Kier molecular flexibility index (Phi) is 7.57. The van der Waals surface area contributed by atoms with E-state index in [2.05, 4.69) is 0 Å². The van der Waals surface area contributed by atoms with Crippen LogP contribution in [-0.2, 0) is 19.2 Å². The van der Waals surface area contributed by atoms with E-state index in [0.717, 1.165) is 0 Å². The molecule has 0 aliphatic heterocycles. The number of aromatic hydroxyl groups is 1. The van der Waals surface area contributed by atoms with Crippen LogP contribution in [0.4, 0.5) is 0 Å². The van der Waals surface area contributed by atoms with Gasteiger partial charge < -0.3 is 21.1 Å². The van der Waals surface area contributed by atoms with E-state index in [-0.39, 0.29) is 11.3 Å². The zero-order valence-corrected chi connectivity index (χ0v) is 21.9. The number of phenolic OH excluding ortho intramolecular Hbond substituents is 1. The molecule has 37 heavy (non-hydrogen) atoms. The largest absolute Gasteiger partial charge is 0.507 e. The summed E-state index contributed by atoms with van der Waals surface area (Å²) in [6.45, 7) is 0. The summed E-state index contributed by atoms with van der Waals surface area (Å²) in [5.41, 5.74) is 2.65. The average Bonchev–Trinajstić information content (AvgIpc) is 2.82. The first kappa shape index (κ1) is 27.7. The predicted octanol–water partition coefficient (Wildman–Crippen LogP) is -0.259. The van der Waals surface area contributed by atoms with Crippen LogP contribution in [0.25, 0.3) is 0 Å². The number of Topliss-reactive ketones (excluding diaryl/α,β-unsaturated/α-hetero) is 4. The van der Waals surface area contributed by atoms with E-state index < -0.39 is 76.4 Å². The molecule has 3 aliphatic carbocycles. The molecule has 0 radical (unpaired) electrons. The maximum absolute atomic E-state index is 14.0. The van der Waals surface area contributed by atoms with Crippen LogP contribution in [0.1, 0.15) is 28.3 Å². The number of alkyl halides is 1. The molecule has 5 N–H and O–H groups in total. The van der Waals surface area contributed by atoms with E-state index in [1.165, 1.54) is 36.8 Å². The number of primary amides is 1. The Morgan fingerprint density at radius 3 is 2.46 bits per heavy atom. The predicted molar refractivity (Wildman–Crippen MR) is 134 cm³/mol. The number of likely N-dealkylation sites (N-methyl/N-ethyl adjacent to an activating group) is 1. The number of ketones is 4. The lowest BCUT2D eigenvalue weighted by Crippen LogP contribution is -2.77. The van der Waals surface area contributed by atoms with Crippen LogP contribution in [-0.4, -0.2) is 98.5 Å². The minimum absolute atomic E-state index is 0.107. The number of rotatable bonds is 7. The quantitative estimate of drug-likeness (QED) is 0.200. The van der Waals surface area contributed by atoms with Crippen LogP contribution in [0.3, 0.4) is 0 Å². The van der Waals surface area contributed by atoms with E-state index in [1.54, 1.807) is 12.1 Å². The van der Waals surface area contributed by atoms with Gasteiger partial charge in [-0.15, -0.1) is 11.6 Å². The van der Waals surface area contributed by atoms with Crippen molar-refractivity contribution in [1.29, 1.82) is 0 Å². The van der Waals surface area contributed by atoms with Gasteiger partial charge in [0.05, 0.1) is 29.5 Å². The summed E-state index contributed by atoms with van der Waals surface area (Å²) in [6.07, 6.45) is -0.956. The number of phenols is 1. The zero-order valence-electron chi connectivity index (χ0n) is 20.3. The molecule has 4 unspecified atom stereocenters. The van der Waals surface area contributed by atoms with E-state index in [9.17, 15) is 39.3 Å². The summed E-state index contributed by atoms with van der Waals surface area (Å²) >= 11 is 7.28. The van der Waals surface area contributed by atoms with Crippen LogP contribution >= 0.6 is 23.4 Å². The Labute approximate surface area is 222 Å². The molecule has 200 valence electrons. The molecule has 1 aromatic rings. The molecule has 2 saturated carbocycles. The number of nitrogens with two attached hydrogens (primary N) is 1. The summed E-state index contributed by atoms with van der Waals surface area (Å²) in [5, 5.41) is 34.0. The van der Waals surface area contributed by atoms with Gasteiger partial charge in [-0.05, 0) is 37.9 Å². The molecular weight excluding hydrogens is 524 g/mol. The number of hydrogen-bond acceptors (Lipinski definition) is 10. The summed E-state index contributed by atoms with van der Waals surface area (Å²) in [7, 11) is 2.91. The first-order valence-corrected chi connectivity index (χ1v) is 13.6. The molecule has 0 bridgehead atoms. The van der Waals surface area contributed by atoms with E-state index in [4.69, 9.17) is 17.3 Å². The molecular formula is C25H29ClN2O8S. The smallest absolute Gasteiger partial charge is 0.235 e. The van der Waals surface area contributed by atoms with Gasteiger partial charge in [0.15, 0.2) is 34.7 Å². The number of thioether (sulfide) groups is 1. The zero-order chi connectivity index (χ0) is 27.4. The van der Waals surface area contributed by atoms with Crippen molar-refractivity contribution in [3.63, 3.8) is 0 Å². The van der Waals surface area contributed by atoms with Crippen molar-refractivity contribution in [2.75, 3.05) is 31.5 Å². The third-order valence-electron chi connectivity index (χ3n) is 7.87. The lowest BCUT2D eigenvalue weighted by Gasteiger charge is -2.56. The van der Waals surface area contributed by atoms with Crippen molar-refractivity contribution in [2.45, 2.75) is 30.1 Å². The summed E-state index contributed by atoms with van der Waals surface area (Å²) in [5.74, 6) is -11.8. The highest BCUT2D eigenvalue weighted by atomic mass is 35.5. The second-order valence-corrected chi connectivity index (χ2v) is 11.6. The Balaban J connectivity index is 1.91. The molecule has 0 saturated heterocycles. The Morgan fingerprint density at radius 1 is 1.19 bits per heavy atom. The summed E-state index contributed by atoms with van der Waals surface area (Å²) in [6, 6.07) is 3.09. The summed E-state index contributed by atoms with van der Waals surface area (Å²) in [4.78, 5) is 67.7. The van der Waals surface area contributed by atoms with Gasteiger partial charge in [-0.1, -0.05) is 12.1 Å². The fourth-order valence-electron chi connectivity index (χ4n) is 6.33. The van der Waals surface area contributed by atoms with Gasteiger partial charge in [0.25, 0.3) is 0 Å². The number of halogens is 1. The fraction of sp³-hybridized carbons (Fsp3) is 0.560. The Bertz CT molecular complexity index is 1180. The number of benzene rings is 1. The van der Waals surface area contributed by atoms with Gasteiger partial charge in [-0.25, -0.2) is 0 Å². The number of hydrogen-bond donors (Lipinski definition) is 4. The highest BCUT2D eigenvalue weighted by molar-refractivity contribution is 7.99. The molecule has 2 fully saturated rings. The molecule has 10 nitrogen and oxygen atoms in total. The van der Waals surface area contributed by atoms with E-state index in [0.29, 0.717) is 29.4 Å². The second-order valence-electron chi connectivity index (χ2n) is 10.0. The van der Waals surface area contributed by atoms with Crippen molar-refractivity contribution in [3.8, 4) is 5.75 Å². The monoisotopic (exact) mass is 552 g/mol. The maximum atomic E-state index is 14.0. The number of fused-ring (bicyclic) bond motifs is 3. The van der Waals surface area contributed by atoms with Gasteiger partial charge >= 0.3 is 0 Å². The molecule has 0 heterocycles. The van der Waals surface area contributed by atoms with Crippen molar-refractivity contribution in [1.82, 2.24) is 4.90 Å².